The molecule has 0 aliphatic rings. The average Bonchev–Trinajstić information content (AvgIpc) is 2.18. The van der Waals surface area contributed by atoms with Crippen molar-refractivity contribution in [1.29, 1.82) is 0 Å². The SMILES string of the molecule is CCCc1ccc(NC)c(C(N)=O)c1. The van der Waals surface area contributed by atoms with Crippen LogP contribution in [0, 0.1) is 0 Å². The van der Waals surface area contributed by atoms with Crippen LogP contribution >= 0.6 is 0 Å². The van der Waals surface area contributed by atoms with Gasteiger partial charge >= 0.3 is 0 Å². The summed E-state index contributed by atoms with van der Waals surface area (Å²) in [4.78, 5) is 11.1. The molecule has 0 fully saturated rings. The lowest BCUT2D eigenvalue weighted by molar-refractivity contribution is 0.100. The van der Waals surface area contributed by atoms with E-state index in [1.807, 2.05) is 18.2 Å². The summed E-state index contributed by atoms with van der Waals surface area (Å²) in [7, 11) is 1.78. The lowest BCUT2D eigenvalue weighted by Crippen LogP contribution is -2.13. The third kappa shape index (κ3) is 2.25. The molecule has 3 nitrogen and oxygen atoms in total. The molecule has 0 radical (unpaired) electrons. The highest BCUT2D eigenvalue weighted by Gasteiger charge is 2.07. The summed E-state index contributed by atoms with van der Waals surface area (Å²) in [5.41, 5.74) is 7.79. The first kappa shape index (κ1) is 10.6. The van der Waals surface area contributed by atoms with E-state index < -0.39 is 0 Å². The number of rotatable bonds is 4. The quantitative estimate of drug-likeness (QED) is 0.764. The van der Waals surface area contributed by atoms with Gasteiger partial charge in [-0.3, -0.25) is 4.79 Å². The van der Waals surface area contributed by atoms with E-state index in [1.165, 1.54) is 0 Å². The van der Waals surface area contributed by atoms with Gasteiger partial charge in [-0.25, -0.2) is 0 Å². The Balaban J connectivity index is 3.07. The number of carbonyl (C=O) groups excluding carboxylic acids is 1. The second-order valence-electron chi connectivity index (χ2n) is 3.24. The molecule has 0 heterocycles. The van der Waals surface area contributed by atoms with Gasteiger partial charge in [0.25, 0.3) is 5.91 Å². The van der Waals surface area contributed by atoms with Crippen LogP contribution in [0.5, 0.6) is 0 Å². The molecule has 0 unspecified atom stereocenters. The number of aryl methyl sites for hydroxylation is 1. The summed E-state index contributed by atoms with van der Waals surface area (Å²) in [6, 6.07) is 5.77. The number of carbonyl (C=O) groups is 1. The molecule has 1 aromatic carbocycles. The number of nitrogens with two attached hydrogens (primary N) is 1. The van der Waals surface area contributed by atoms with E-state index in [2.05, 4.69) is 12.2 Å². The van der Waals surface area contributed by atoms with Crippen molar-refractivity contribution < 1.29 is 4.79 Å². The molecule has 0 bridgehead atoms. The van der Waals surface area contributed by atoms with Crippen molar-refractivity contribution in [3.8, 4) is 0 Å². The molecule has 1 amide bonds. The average molecular weight is 192 g/mol. The van der Waals surface area contributed by atoms with Crippen molar-refractivity contribution >= 4 is 11.6 Å². The number of amides is 1. The fourth-order valence-electron chi connectivity index (χ4n) is 1.46. The Kier molecular flexibility index (Phi) is 3.51. The van der Waals surface area contributed by atoms with Gasteiger partial charge < -0.3 is 11.1 Å². The van der Waals surface area contributed by atoms with Gasteiger partial charge in [-0.1, -0.05) is 19.4 Å². The fourth-order valence-corrected chi connectivity index (χ4v) is 1.46. The zero-order chi connectivity index (χ0) is 10.6. The monoisotopic (exact) mass is 192 g/mol. The van der Waals surface area contributed by atoms with Crippen LogP contribution in [0.3, 0.4) is 0 Å². The first-order valence-corrected chi connectivity index (χ1v) is 4.79. The number of hydrogen-bond donors (Lipinski definition) is 2. The van der Waals surface area contributed by atoms with Crippen molar-refractivity contribution in [2.24, 2.45) is 5.73 Å². The third-order valence-corrected chi connectivity index (χ3v) is 2.16. The molecule has 0 aliphatic heterocycles. The molecule has 0 atom stereocenters. The van der Waals surface area contributed by atoms with Crippen LogP contribution in [0.1, 0.15) is 29.3 Å². The highest BCUT2D eigenvalue weighted by molar-refractivity contribution is 5.98. The molecule has 3 N–H and O–H groups in total. The first-order chi connectivity index (χ1) is 6.69. The van der Waals surface area contributed by atoms with Crippen molar-refractivity contribution in [3.63, 3.8) is 0 Å². The van der Waals surface area contributed by atoms with Crippen LogP contribution in [-0.4, -0.2) is 13.0 Å². The maximum Gasteiger partial charge on any atom is 0.250 e. The van der Waals surface area contributed by atoms with Crippen molar-refractivity contribution in [2.45, 2.75) is 19.8 Å². The van der Waals surface area contributed by atoms with E-state index in [-0.39, 0.29) is 5.91 Å². The molecular weight excluding hydrogens is 176 g/mol. The molecular formula is C11H16N2O. The van der Waals surface area contributed by atoms with E-state index in [1.54, 1.807) is 7.05 Å². The Morgan fingerprint density at radius 3 is 2.71 bits per heavy atom. The molecule has 0 aliphatic carbocycles. The minimum Gasteiger partial charge on any atom is -0.387 e. The minimum absolute atomic E-state index is 0.382. The number of hydrogen-bond acceptors (Lipinski definition) is 2. The van der Waals surface area contributed by atoms with Crippen LogP contribution in [0.25, 0.3) is 0 Å². The Morgan fingerprint density at radius 2 is 2.21 bits per heavy atom. The molecule has 14 heavy (non-hydrogen) atoms. The van der Waals surface area contributed by atoms with E-state index in [9.17, 15) is 4.79 Å². The fraction of sp³-hybridized carbons (Fsp3) is 0.364. The maximum absolute atomic E-state index is 11.1. The normalized spacial score (nSPS) is 9.86. The van der Waals surface area contributed by atoms with Crippen LogP contribution in [-0.2, 0) is 6.42 Å². The molecule has 0 saturated carbocycles. The summed E-state index contributed by atoms with van der Waals surface area (Å²) >= 11 is 0. The van der Waals surface area contributed by atoms with E-state index in [0.717, 1.165) is 24.1 Å². The van der Waals surface area contributed by atoms with Gasteiger partial charge in [0.2, 0.25) is 0 Å². The zero-order valence-electron chi connectivity index (χ0n) is 8.63. The largest absolute Gasteiger partial charge is 0.387 e. The standard InChI is InChI=1S/C11H16N2O/c1-3-4-8-5-6-10(13-2)9(7-8)11(12)14/h5-7,13H,3-4H2,1-2H3,(H2,12,14). The van der Waals surface area contributed by atoms with Gasteiger partial charge in [-0.2, -0.15) is 0 Å². The summed E-state index contributed by atoms with van der Waals surface area (Å²) in [6.45, 7) is 2.11. The van der Waals surface area contributed by atoms with Gasteiger partial charge in [-0.15, -0.1) is 0 Å². The van der Waals surface area contributed by atoms with Gasteiger partial charge in [-0.05, 0) is 24.1 Å². The maximum atomic E-state index is 11.1. The molecule has 76 valence electrons. The van der Waals surface area contributed by atoms with Crippen molar-refractivity contribution in [2.75, 3.05) is 12.4 Å². The molecule has 0 spiro atoms. The smallest absolute Gasteiger partial charge is 0.250 e. The molecule has 0 saturated heterocycles. The summed E-state index contributed by atoms with van der Waals surface area (Å²) < 4.78 is 0. The summed E-state index contributed by atoms with van der Waals surface area (Å²) in [5.74, 6) is -0.382. The second kappa shape index (κ2) is 4.65. The van der Waals surface area contributed by atoms with Gasteiger partial charge in [0, 0.05) is 12.7 Å². The molecule has 1 rings (SSSR count). The number of nitrogens with one attached hydrogen (secondary N) is 1. The Hall–Kier alpha value is -1.51. The van der Waals surface area contributed by atoms with Crippen LogP contribution in [0.2, 0.25) is 0 Å². The van der Waals surface area contributed by atoms with Crippen molar-refractivity contribution in [1.82, 2.24) is 0 Å². The van der Waals surface area contributed by atoms with Gasteiger partial charge in [0.15, 0.2) is 0 Å². The minimum atomic E-state index is -0.382. The topological polar surface area (TPSA) is 55.1 Å². The predicted molar refractivity (Wildman–Crippen MR) is 58.5 cm³/mol. The van der Waals surface area contributed by atoms with Crippen molar-refractivity contribution in [3.05, 3.63) is 29.3 Å². The van der Waals surface area contributed by atoms with Crippen LogP contribution < -0.4 is 11.1 Å². The number of benzene rings is 1. The zero-order valence-corrected chi connectivity index (χ0v) is 8.63. The number of anilines is 1. The Labute approximate surface area is 84.3 Å². The second-order valence-corrected chi connectivity index (χ2v) is 3.24. The third-order valence-electron chi connectivity index (χ3n) is 2.16. The molecule has 0 aromatic heterocycles. The van der Waals surface area contributed by atoms with E-state index in [4.69, 9.17) is 5.73 Å². The van der Waals surface area contributed by atoms with E-state index >= 15 is 0 Å². The Morgan fingerprint density at radius 1 is 1.50 bits per heavy atom. The van der Waals surface area contributed by atoms with Crippen LogP contribution in [0.15, 0.2) is 18.2 Å². The van der Waals surface area contributed by atoms with Crippen LogP contribution in [0.4, 0.5) is 5.69 Å². The highest BCUT2D eigenvalue weighted by Crippen LogP contribution is 2.17. The molecule has 1 aromatic rings. The lowest BCUT2D eigenvalue weighted by atomic mass is 10.0. The lowest BCUT2D eigenvalue weighted by Gasteiger charge is -2.08. The highest BCUT2D eigenvalue weighted by atomic mass is 16.1. The predicted octanol–water partition coefficient (Wildman–Crippen LogP) is 1.78. The number of primary amides is 1. The van der Waals surface area contributed by atoms with Gasteiger partial charge in [0.05, 0.1) is 5.56 Å². The molecule has 3 heteroatoms. The summed E-state index contributed by atoms with van der Waals surface area (Å²) in [6.07, 6.45) is 2.04. The first-order valence-electron chi connectivity index (χ1n) is 4.79. The Bertz CT molecular complexity index is 334. The van der Waals surface area contributed by atoms with Gasteiger partial charge in [0.1, 0.15) is 0 Å². The summed E-state index contributed by atoms with van der Waals surface area (Å²) in [5, 5.41) is 2.95. The van der Waals surface area contributed by atoms with E-state index in [0.29, 0.717) is 5.56 Å².